The van der Waals surface area contributed by atoms with E-state index in [-0.39, 0.29) is 5.41 Å². The van der Waals surface area contributed by atoms with E-state index < -0.39 is 0 Å². The molecule has 2 N–H and O–H groups in total. The van der Waals surface area contributed by atoms with Crippen LogP contribution in [0.5, 0.6) is 0 Å². The maximum Gasteiger partial charge on any atom is 0.0972 e. The molecule has 0 aromatic carbocycles. The molecule has 1 saturated heterocycles. The first-order valence-corrected chi connectivity index (χ1v) is 7.21. The summed E-state index contributed by atoms with van der Waals surface area (Å²) in [5.41, 5.74) is 7.15. The second kappa shape index (κ2) is 5.04. The van der Waals surface area contributed by atoms with Crippen LogP contribution in [0.15, 0.2) is 5.38 Å². The Labute approximate surface area is 108 Å². The number of likely N-dealkylation sites (N-methyl/N-ethyl adjacent to an activating group) is 1. The van der Waals surface area contributed by atoms with Crippen LogP contribution in [-0.2, 0) is 6.42 Å². The maximum atomic E-state index is 5.77. The van der Waals surface area contributed by atoms with Gasteiger partial charge in [0.15, 0.2) is 0 Å². The Balaban J connectivity index is 2.01. The third kappa shape index (κ3) is 3.27. The van der Waals surface area contributed by atoms with Gasteiger partial charge in [0.1, 0.15) is 0 Å². The lowest BCUT2D eigenvalue weighted by atomic mass is 9.88. The van der Waals surface area contributed by atoms with Gasteiger partial charge in [-0.1, -0.05) is 13.8 Å². The van der Waals surface area contributed by atoms with E-state index in [2.05, 4.69) is 31.2 Å². The van der Waals surface area contributed by atoms with Crippen molar-refractivity contribution < 1.29 is 0 Å². The van der Waals surface area contributed by atoms with Crippen LogP contribution in [0.25, 0.3) is 0 Å². The molecule has 3 nitrogen and oxygen atoms in total. The highest BCUT2D eigenvalue weighted by molar-refractivity contribution is 7.09. The van der Waals surface area contributed by atoms with E-state index in [1.165, 1.54) is 23.7 Å². The van der Waals surface area contributed by atoms with Gasteiger partial charge in [0.25, 0.3) is 0 Å². The van der Waals surface area contributed by atoms with Crippen LogP contribution in [-0.4, -0.2) is 36.6 Å². The topological polar surface area (TPSA) is 42.2 Å². The van der Waals surface area contributed by atoms with Crippen LogP contribution in [0, 0.1) is 5.41 Å². The molecule has 1 aliphatic rings. The van der Waals surface area contributed by atoms with Gasteiger partial charge in [-0.25, -0.2) is 4.98 Å². The van der Waals surface area contributed by atoms with Crippen molar-refractivity contribution in [2.75, 3.05) is 26.7 Å². The third-order valence-electron chi connectivity index (χ3n) is 3.52. The molecule has 2 rings (SSSR count). The molecule has 17 heavy (non-hydrogen) atoms. The number of rotatable bonds is 4. The Bertz CT molecular complexity index is 372. The maximum absolute atomic E-state index is 5.77. The van der Waals surface area contributed by atoms with E-state index in [1.807, 2.05) is 11.3 Å². The molecule has 4 heteroatoms. The summed E-state index contributed by atoms with van der Waals surface area (Å²) >= 11 is 1.82. The number of nitrogens with zero attached hydrogens (tertiary/aromatic N) is 2. The molecule has 0 radical (unpaired) electrons. The molecule has 1 atom stereocenters. The van der Waals surface area contributed by atoms with Crippen molar-refractivity contribution in [2.24, 2.45) is 11.1 Å². The van der Waals surface area contributed by atoms with Crippen molar-refractivity contribution in [3.05, 3.63) is 16.1 Å². The van der Waals surface area contributed by atoms with Crippen molar-refractivity contribution in [2.45, 2.75) is 32.6 Å². The van der Waals surface area contributed by atoms with Gasteiger partial charge in [0.2, 0.25) is 0 Å². The van der Waals surface area contributed by atoms with Gasteiger partial charge in [0.05, 0.1) is 10.7 Å². The zero-order chi connectivity index (χ0) is 12.5. The third-order valence-corrected chi connectivity index (χ3v) is 4.58. The molecular formula is C13H23N3S. The number of hydrogen-bond acceptors (Lipinski definition) is 4. The van der Waals surface area contributed by atoms with Gasteiger partial charge >= 0.3 is 0 Å². The molecule has 0 aliphatic carbocycles. The van der Waals surface area contributed by atoms with Crippen molar-refractivity contribution >= 4 is 11.3 Å². The molecule has 0 bridgehead atoms. The summed E-state index contributed by atoms with van der Waals surface area (Å²) in [5, 5.41) is 3.53. The summed E-state index contributed by atoms with van der Waals surface area (Å²) in [6.07, 6.45) is 2.24. The minimum absolute atomic E-state index is 0.164. The number of aromatic nitrogens is 1. The second-order valence-electron chi connectivity index (χ2n) is 5.97. The van der Waals surface area contributed by atoms with Crippen LogP contribution in [0.2, 0.25) is 0 Å². The van der Waals surface area contributed by atoms with Crippen LogP contribution in [0.4, 0.5) is 0 Å². The van der Waals surface area contributed by atoms with Crippen molar-refractivity contribution in [3.8, 4) is 0 Å². The Morgan fingerprint density at radius 2 is 2.35 bits per heavy atom. The first-order valence-electron chi connectivity index (χ1n) is 6.33. The van der Waals surface area contributed by atoms with E-state index in [0.29, 0.717) is 12.5 Å². The average molecular weight is 253 g/mol. The van der Waals surface area contributed by atoms with Gasteiger partial charge in [-0.2, -0.15) is 0 Å². The monoisotopic (exact) mass is 253 g/mol. The smallest absolute Gasteiger partial charge is 0.0972 e. The molecule has 1 unspecified atom stereocenters. The molecule has 0 saturated carbocycles. The molecule has 1 aromatic rings. The fourth-order valence-electron chi connectivity index (χ4n) is 2.29. The SMILES string of the molecule is CN1CCC(c2nc(CC(C)(C)CN)cs2)C1. The predicted molar refractivity (Wildman–Crippen MR) is 73.5 cm³/mol. The van der Waals surface area contributed by atoms with Gasteiger partial charge in [-0.3, -0.25) is 0 Å². The van der Waals surface area contributed by atoms with E-state index in [4.69, 9.17) is 10.7 Å². The lowest BCUT2D eigenvalue weighted by Gasteiger charge is -2.20. The normalized spacial score (nSPS) is 22.2. The minimum Gasteiger partial charge on any atom is -0.330 e. The molecule has 1 aromatic heterocycles. The van der Waals surface area contributed by atoms with Crippen LogP contribution >= 0.6 is 11.3 Å². The standard InChI is InChI=1S/C13H23N3S/c1-13(2,9-14)6-11-8-17-12(15-11)10-4-5-16(3)7-10/h8,10H,4-7,9,14H2,1-3H3. The molecule has 1 aliphatic heterocycles. The zero-order valence-electron chi connectivity index (χ0n) is 11.1. The van der Waals surface area contributed by atoms with Gasteiger partial charge in [0, 0.05) is 17.8 Å². The largest absolute Gasteiger partial charge is 0.330 e. The Kier molecular flexibility index (Phi) is 3.85. The highest BCUT2D eigenvalue weighted by atomic mass is 32.1. The summed E-state index contributed by atoms with van der Waals surface area (Å²) in [5.74, 6) is 0.653. The summed E-state index contributed by atoms with van der Waals surface area (Å²) in [6.45, 7) is 7.48. The van der Waals surface area contributed by atoms with Crippen molar-refractivity contribution in [1.29, 1.82) is 0 Å². The first kappa shape index (κ1) is 13.0. The van der Waals surface area contributed by atoms with E-state index in [0.717, 1.165) is 13.0 Å². The summed E-state index contributed by atoms with van der Waals surface area (Å²) in [4.78, 5) is 7.18. The highest BCUT2D eigenvalue weighted by Gasteiger charge is 2.25. The predicted octanol–water partition coefficient (Wildman–Crippen LogP) is 2.09. The van der Waals surface area contributed by atoms with Crippen molar-refractivity contribution in [3.63, 3.8) is 0 Å². The number of nitrogens with two attached hydrogens (primary N) is 1. The van der Waals surface area contributed by atoms with E-state index in [9.17, 15) is 0 Å². The van der Waals surface area contributed by atoms with Gasteiger partial charge < -0.3 is 10.6 Å². The molecule has 2 heterocycles. The van der Waals surface area contributed by atoms with E-state index >= 15 is 0 Å². The molecule has 0 amide bonds. The lowest BCUT2D eigenvalue weighted by molar-refractivity contribution is 0.372. The van der Waals surface area contributed by atoms with Crippen LogP contribution < -0.4 is 5.73 Å². The zero-order valence-corrected chi connectivity index (χ0v) is 11.9. The Morgan fingerprint density at radius 1 is 1.59 bits per heavy atom. The molecule has 0 spiro atoms. The van der Waals surface area contributed by atoms with Crippen molar-refractivity contribution in [1.82, 2.24) is 9.88 Å². The Hall–Kier alpha value is -0.450. The quantitative estimate of drug-likeness (QED) is 0.893. The first-order chi connectivity index (χ1) is 8.00. The fourth-order valence-corrected chi connectivity index (χ4v) is 3.24. The highest BCUT2D eigenvalue weighted by Crippen LogP contribution is 2.30. The summed E-state index contributed by atoms with van der Waals surface area (Å²) in [7, 11) is 2.19. The minimum atomic E-state index is 0.164. The second-order valence-corrected chi connectivity index (χ2v) is 6.86. The van der Waals surface area contributed by atoms with Crippen LogP contribution in [0.3, 0.4) is 0 Å². The lowest BCUT2D eigenvalue weighted by Crippen LogP contribution is -2.26. The number of likely N-dealkylation sites (tertiary alicyclic amines) is 1. The van der Waals surface area contributed by atoms with Crippen LogP contribution in [0.1, 0.15) is 36.9 Å². The van der Waals surface area contributed by atoms with Gasteiger partial charge in [-0.15, -0.1) is 11.3 Å². The summed E-state index contributed by atoms with van der Waals surface area (Å²) < 4.78 is 0. The number of thiazole rings is 1. The molecule has 1 fully saturated rings. The molecule has 96 valence electrons. The molecular weight excluding hydrogens is 230 g/mol. The van der Waals surface area contributed by atoms with Gasteiger partial charge in [-0.05, 0) is 38.4 Å². The van der Waals surface area contributed by atoms with E-state index in [1.54, 1.807) is 0 Å². The number of hydrogen-bond donors (Lipinski definition) is 1. The average Bonchev–Trinajstić information content (AvgIpc) is 2.86. The fraction of sp³-hybridized carbons (Fsp3) is 0.769. The summed E-state index contributed by atoms with van der Waals surface area (Å²) in [6, 6.07) is 0. The Morgan fingerprint density at radius 3 is 2.94 bits per heavy atom.